The molecule has 2 aromatic heterocycles. The van der Waals surface area contributed by atoms with Crippen molar-refractivity contribution in [1.29, 1.82) is 0 Å². The highest BCUT2D eigenvalue weighted by Gasteiger charge is 2.29. The van der Waals surface area contributed by atoms with Crippen LogP contribution < -0.4 is 5.32 Å². The zero-order valence-electron chi connectivity index (χ0n) is 16.4. The lowest BCUT2D eigenvalue weighted by molar-refractivity contribution is -0.0249. The summed E-state index contributed by atoms with van der Waals surface area (Å²) in [5.74, 6) is -1.13. The number of aryl methyl sites for hydroxylation is 2. The van der Waals surface area contributed by atoms with Crippen molar-refractivity contribution in [2.24, 2.45) is 0 Å². The van der Waals surface area contributed by atoms with Crippen LogP contribution >= 0.6 is 0 Å². The highest BCUT2D eigenvalue weighted by Crippen LogP contribution is 2.25. The maximum Gasteiger partial charge on any atom is 0.257 e. The van der Waals surface area contributed by atoms with E-state index in [1.165, 1.54) is 17.0 Å². The van der Waals surface area contributed by atoms with Crippen molar-refractivity contribution in [1.82, 2.24) is 25.1 Å². The van der Waals surface area contributed by atoms with Crippen LogP contribution in [0.15, 0.2) is 30.3 Å². The first-order chi connectivity index (χ1) is 14.4. The average Bonchev–Trinajstić information content (AvgIpc) is 3.13. The number of halogens is 2. The Bertz CT molecular complexity index is 1090. The van der Waals surface area contributed by atoms with Gasteiger partial charge in [-0.2, -0.15) is 5.10 Å². The molecule has 1 fully saturated rings. The van der Waals surface area contributed by atoms with E-state index in [9.17, 15) is 13.6 Å². The van der Waals surface area contributed by atoms with Crippen LogP contribution in [-0.4, -0.2) is 50.7 Å². The van der Waals surface area contributed by atoms with E-state index in [1.54, 1.807) is 13.0 Å². The zero-order chi connectivity index (χ0) is 21.3. The molecule has 4 rings (SSSR count). The van der Waals surface area contributed by atoms with Crippen molar-refractivity contribution in [2.45, 2.75) is 20.0 Å². The molecule has 2 N–H and O–H groups in total. The molecule has 1 saturated heterocycles. The molecule has 0 spiro atoms. The summed E-state index contributed by atoms with van der Waals surface area (Å²) in [7, 11) is 0. The maximum absolute atomic E-state index is 14.1. The molecule has 30 heavy (non-hydrogen) atoms. The number of carbonyl (C=O) groups is 1. The fourth-order valence-corrected chi connectivity index (χ4v) is 3.29. The highest BCUT2D eigenvalue weighted by atomic mass is 19.2. The van der Waals surface area contributed by atoms with Gasteiger partial charge in [0.05, 0.1) is 24.4 Å². The molecule has 0 aliphatic carbocycles. The van der Waals surface area contributed by atoms with Crippen LogP contribution in [0, 0.1) is 25.5 Å². The Labute approximate surface area is 171 Å². The van der Waals surface area contributed by atoms with Gasteiger partial charge in [0, 0.05) is 24.4 Å². The molecule has 0 bridgehead atoms. The molecule has 1 aliphatic rings. The predicted octanol–water partition coefficient (Wildman–Crippen LogP) is 3.05. The van der Waals surface area contributed by atoms with Gasteiger partial charge in [0.15, 0.2) is 17.5 Å². The molecule has 0 saturated carbocycles. The number of benzene rings is 1. The molecule has 1 aromatic carbocycles. The topological polar surface area (TPSA) is 96.0 Å². The van der Waals surface area contributed by atoms with Gasteiger partial charge in [-0.05, 0) is 26.0 Å². The Hall–Kier alpha value is -3.40. The van der Waals surface area contributed by atoms with Crippen molar-refractivity contribution in [3.8, 4) is 0 Å². The monoisotopic (exact) mass is 414 g/mol. The number of anilines is 2. The second-order valence-electron chi connectivity index (χ2n) is 7.00. The third kappa shape index (κ3) is 4.13. The molecule has 3 aromatic rings. The fraction of sp³-hybridized carbons (Fsp3) is 0.300. The van der Waals surface area contributed by atoms with Crippen LogP contribution in [-0.2, 0) is 4.74 Å². The van der Waals surface area contributed by atoms with Gasteiger partial charge in [0.2, 0.25) is 0 Å². The SMILES string of the molecule is Cc1nc(Nc2cc(C)[nH]n2)cc(C2CN(C(=O)c3cccc(F)c3F)CCO2)n1. The summed E-state index contributed by atoms with van der Waals surface area (Å²) >= 11 is 0. The number of hydrogen-bond acceptors (Lipinski definition) is 6. The van der Waals surface area contributed by atoms with E-state index < -0.39 is 23.6 Å². The van der Waals surface area contributed by atoms with Gasteiger partial charge in [-0.3, -0.25) is 9.89 Å². The van der Waals surface area contributed by atoms with Crippen LogP contribution in [0.4, 0.5) is 20.4 Å². The van der Waals surface area contributed by atoms with Crippen molar-refractivity contribution >= 4 is 17.5 Å². The first kappa shape index (κ1) is 19.9. The molecule has 1 amide bonds. The third-order valence-electron chi connectivity index (χ3n) is 4.69. The Kier molecular flexibility index (Phi) is 5.40. The van der Waals surface area contributed by atoms with E-state index in [0.29, 0.717) is 23.2 Å². The summed E-state index contributed by atoms with van der Waals surface area (Å²) in [6.07, 6.45) is -0.525. The number of H-pyrrole nitrogens is 1. The molecule has 156 valence electrons. The van der Waals surface area contributed by atoms with E-state index in [4.69, 9.17) is 4.74 Å². The third-order valence-corrected chi connectivity index (χ3v) is 4.69. The molecule has 3 heterocycles. The van der Waals surface area contributed by atoms with E-state index >= 15 is 0 Å². The minimum Gasteiger partial charge on any atom is -0.368 e. The number of rotatable bonds is 4. The first-order valence-corrected chi connectivity index (χ1v) is 9.40. The summed E-state index contributed by atoms with van der Waals surface area (Å²) < 4.78 is 33.4. The highest BCUT2D eigenvalue weighted by molar-refractivity contribution is 5.94. The molecule has 10 heteroatoms. The second-order valence-corrected chi connectivity index (χ2v) is 7.00. The number of nitrogens with one attached hydrogen (secondary N) is 2. The minimum absolute atomic E-state index is 0.159. The van der Waals surface area contributed by atoms with Gasteiger partial charge < -0.3 is 15.0 Å². The zero-order valence-corrected chi connectivity index (χ0v) is 16.4. The van der Waals surface area contributed by atoms with Gasteiger partial charge in [-0.1, -0.05) is 6.07 Å². The number of ether oxygens (including phenoxy) is 1. The number of hydrogen-bond donors (Lipinski definition) is 2. The van der Waals surface area contributed by atoms with Crippen molar-refractivity contribution < 1.29 is 18.3 Å². The Morgan fingerprint density at radius 2 is 2.07 bits per heavy atom. The van der Waals surface area contributed by atoms with E-state index in [1.807, 2.05) is 13.0 Å². The number of amides is 1. The summed E-state index contributed by atoms with van der Waals surface area (Å²) in [6, 6.07) is 7.12. The number of carbonyl (C=O) groups excluding carboxylic acids is 1. The average molecular weight is 414 g/mol. The normalized spacial score (nSPS) is 16.5. The Morgan fingerprint density at radius 3 is 2.83 bits per heavy atom. The van der Waals surface area contributed by atoms with Crippen LogP contribution in [0.5, 0.6) is 0 Å². The standard InChI is InChI=1S/C20H20F2N6O2/c1-11-8-18(27-26-11)25-17-9-15(23-12(2)24-17)16-10-28(6-7-30-16)20(29)13-4-3-5-14(21)19(13)22/h3-5,8-9,16H,6-7,10H2,1-2H3,(H2,23,24,25,26,27). The Balaban J connectivity index is 1.54. The lowest BCUT2D eigenvalue weighted by Crippen LogP contribution is -2.42. The second kappa shape index (κ2) is 8.15. The van der Waals surface area contributed by atoms with Gasteiger partial charge in [0.25, 0.3) is 5.91 Å². The maximum atomic E-state index is 14.1. The molecular formula is C20H20F2N6O2. The lowest BCUT2D eigenvalue weighted by Gasteiger charge is -2.33. The van der Waals surface area contributed by atoms with Crippen LogP contribution in [0.2, 0.25) is 0 Å². The van der Waals surface area contributed by atoms with Crippen molar-refractivity contribution in [2.75, 3.05) is 25.0 Å². The van der Waals surface area contributed by atoms with Crippen LogP contribution in [0.3, 0.4) is 0 Å². The summed E-state index contributed by atoms with van der Waals surface area (Å²) in [5.41, 5.74) is 1.18. The number of aromatic amines is 1. The predicted molar refractivity (Wildman–Crippen MR) is 104 cm³/mol. The molecule has 1 aliphatic heterocycles. The van der Waals surface area contributed by atoms with Crippen LogP contribution in [0.25, 0.3) is 0 Å². The number of nitrogens with zero attached hydrogens (tertiary/aromatic N) is 4. The Morgan fingerprint density at radius 1 is 1.23 bits per heavy atom. The number of aromatic nitrogens is 4. The quantitative estimate of drug-likeness (QED) is 0.681. The number of morpholine rings is 1. The van der Waals surface area contributed by atoms with Gasteiger partial charge in [-0.15, -0.1) is 0 Å². The van der Waals surface area contributed by atoms with Gasteiger partial charge in [0.1, 0.15) is 17.7 Å². The van der Waals surface area contributed by atoms with E-state index in [0.717, 1.165) is 11.8 Å². The molecular weight excluding hydrogens is 394 g/mol. The molecule has 1 atom stereocenters. The van der Waals surface area contributed by atoms with Crippen LogP contribution in [0.1, 0.15) is 33.7 Å². The summed E-state index contributed by atoms with van der Waals surface area (Å²) in [5, 5.41) is 10.1. The minimum atomic E-state index is -1.15. The smallest absolute Gasteiger partial charge is 0.257 e. The first-order valence-electron chi connectivity index (χ1n) is 9.40. The molecule has 1 unspecified atom stereocenters. The fourth-order valence-electron chi connectivity index (χ4n) is 3.29. The lowest BCUT2D eigenvalue weighted by atomic mass is 10.1. The van der Waals surface area contributed by atoms with Gasteiger partial charge >= 0.3 is 0 Å². The van der Waals surface area contributed by atoms with Crippen molar-refractivity contribution in [3.05, 3.63) is 64.7 Å². The van der Waals surface area contributed by atoms with Crippen molar-refractivity contribution in [3.63, 3.8) is 0 Å². The molecule has 0 radical (unpaired) electrons. The van der Waals surface area contributed by atoms with E-state index in [-0.39, 0.29) is 25.3 Å². The summed E-state index contributed by atoms with van der Waals surface area (Å²) in [4.78, 5) is 23.0. The largest absolute Gasteiger partial charge is 0.368 e. The van der Waals surface area contributed by atoms with E-state index in [2.05, 4.69) is 25.5 Å². The molecule has 8 nitrogen and oxygen atoms in total. The summed E-state index contributed by atoms with van der Waals surface area (Å²) in [6.45, 7) is 4.31. The van der Waals surface area contributed by atoms with Gasteiger partial charge in [-0.25, -0.2) is 18.7 Å².